The average Bonchev–Trinajstić information content (AvgIpc) is 3.43. The standard InChI is InChI=1S/C33H46O4S/c1-7-32(3,4)26-20-22(12-9-15-34)18-24(30(26)36)29(28-14-11-17-38-28)25-19-23(13-10-16-35)21-27(31(25)37)33(5,6)8-2/h11,14,17-21,29,34-37H,7-10,12-13,15-16H2,1-6H3. The number of phenolic OH excluding ortho intramolecular Hbond substituents is 2. The van der Waals surface area contributed by atoms with E-state index in [1.54, 1.807) is 11.3 Å². The zero-order valence-electron chi connectivity index (χ0n) is 24.0. The van der Waals surface area contributed by atoms with Gasteiger partial charge < -0.3 is 20.4 Å². The van der Waals surface area contributed by atoms with Gasteiger partial charge in [-0.15, -0.1) is 11.3 Å². The minimum atomic E-state index is -0.351. The van der Waals surface area contributed by atoms with Gasteiger partial charge in [0.15, 0.2) is 0 Å². The second-order valence-corrected chi connectivity index (χ2v) is 12.7. The zero-order valence-corrected chi connectivity index (χ0v) is 24.8. The van der Waals surface area contributed by atoms with Crippen LogP contribution in [0.15, 0.2) is 41.8 Å². The molecule has 0 aliphatic heterocycles. The Labute approximate surface area is 233 Å². The SMILES string of the molecule is CCC(C)(C)c1cc(CCCO)cc(C(c2cccs2)c2cc(CCCO)cc(C(C)(C)CC)c2O)c1O. The lowest BCUT2D eigenvalue weighted by Crippen LogP contribution is -2.19. The summed E-state index contributed by atoms with van der Waals surface area (Å²) < 4.78 is 0. The molecule has 2 aromatic carbocycles. The van der Waals surface area contributed by atoms with E-state index in [0.29, 0.717) is 25.7 Å². The molecule has 0 radical (unpaired) electrons. The molecule has 0 amide bonds. The summed E-state index contributed by atoms with van der Waals surface area (Å²) in [6.07, 6.45) is 4.45. The van der Waals surface area contributed by atoms with Crippen molar-refractivity contribution in [2.75, 3.05) is 13.2 Å². The molecule has 0 saturated carbocycles. The first-order chi connectivity index (χ1) is 18.0. The number of benzene rings is 2. The van der Waals surface area contributed by atoms with Crippen LogP contribution in [-0.2, 0) is 23.7 Å². The summed E-state index contributed by atoms with van der Waals surface area (Å²) in [5.74, 6) is 0.204. The number of hydrogen-bond acceptors (Lipinski definition) is 5. The zero-order chi connectivity index (χ0) is 28.1. The van der Waals surface area contributed by atoms with Crippen LogP contribution in [0.4, 0.5) is 0 Å². The number of aryl methyl sites for hydroxylation is 2. The molecule has 1 aromatic heterocycles. The van der Waals surface area contributed by atoms with Crippen molar-refractivity contribution in [1.82, 2.24) is 0 Å². The third-order valence-electron chi connectivity index (χ3n) is 8.32. The van der Waals surface area contributed by atoms with Crippen molar-refractivity contribution in [3.8, 4) is 11.5 Å². The predicted octanol–water partition coefficient (Wildman–Crippen LogP) is 7.56. The van der Waals surface area contributed by atoms with Gasteiger partial charge in [0.25, 0.3) is 0 Å². The molecule has 1 heterocycles. The summed E-state index contributed by atoms with van der Waals surface area (Å²) in [6.45, 7) is 13.1. The van der Waals surface area contributed by atoms with Gasteiger partial charge in [0, 0.05) is 40.3 Å². The van der Waals surface area contributed by atoms with Crippen LogP contribution in [0, 0.1) is 0 Å². The number of hydrogen-bond donors (Lipinski definition) is 4. The summed E-state index contributed by atoms with van der Waals surface area (Å²) in [4.78, 5) is 1.05. The molecule has 4 nitrogen and oxygen atoms in total. The maximum Gasteiger partial charge on any atom is 0.123 e. The third-order valence-corrected chi connectivity index (χ3v) is 9.26. The smallest absolute Gasteiger partial charge is 0.123 e. The molecule has 0 fully saturated rings. The highest BCUT2D eigenvalue weighted by Crippen LogP contribution is 2.49. The number of rotatable bonds is 13. The van der Waals surface area contributed by atoms with Gasteiger partial charge in [0.05, 0.1) is 5.92 Å². The highest BCUT2D eigenvalue weighted by molar-refractivity contribution is 7.10. The van der Waals surface area contributed by atoms with Crippen molar-refractivity contribution in [1.29, 1.82) is 0 Å². The lowest BCUT2D eigenvalue weighted by Gasteiger charge is -2.31. The van der Waals surface area contributed by atoms with E-state index in [2.05, 4.69) is 71.9 Å². The number of aliphatic hydroxyl groups is 2. The topological polar surface area (TPSA) is 80.9 Å². The molecule has 4 N–H and O–H groups in total. The van der Waals surface area contributed by atoms with Crippen molar-refractivity contribution in [2.45, 2.75) is 96.8 Å². The monoisotopic (exact) mass is 538 g/mol. The molecule has 0 aliphatic rings. The van der Waals surface area contributed by atoms with Crippen molar-refractivity contribution < 1.29 is 20.4 Å². The summed E-state index contributed by atoms with van der Waals surface area (Å²) in [5, 5.41) is 44.8. The number of aliphatic hydroxyl groups excluding tert-OH is 2. The fourth-order valence-corrected chi connectivity index (χ4v) is 5.94. The van der Waals surface area contributed by atoms with Gasteiger partial charge in [-0.1, -0.05) is 71.9 Å². The fraction of sp³-hybridized carbons (Fsp3) is 0.515. The van der Waals surface area contributed by atoms with Crippen molar-refractivity contribution in [2.24, 2.45) is 0 Å². The van der Waals surface area contributed by atoms with Gasteiger partial charge in [-0.2, -0.15) is 0 Å². The van der Waals surface area contributed by atoms with Crippen LogP contribution in [-0.4, -0.2) is 33.6 Å². The van der Waals surface area contributed by atoms with Crippen LogP contribution in [0.2, 0.25) is 0 Å². The Morgan fingerprint density at radius 2 is 1.18 bits per heavy atom. The first-order valence-electron chi connectivity index (χ1n) is 14.0. The fourth-order valence-electron chi connectivity index (χ4n) is 5.08. The van der Waals surface area contributed by atoms with Crippen molar-refractivity contribution in [3.63, 3.8) is 0 Å². The Morgan fingerprint density at radius 3 is 1.53 bits per heavy atom. The molecule has 0 atom stereocenters. The molecule has 0 saturated heterocycles. The molecule has 0 spiro atoms. The van der Waals surface area contributed by atoms with Crippen LogP contribution in [0.1, 0.15) is 111 Å². The number of aromatic hydroxyl groups is 2. The van der Waals surface area contributed by atoms with Gasteiger partial charge in [0.1, 0.15) is 11.5 Å². The summed E-state index contributed by atoms with van der Waals surface area (Å²) in [5.41, 5.74) is 5.05. The largest absolute Gasteiger partial charge is 0.507 e. The maximum absolute atomic E-state index is 11.9. The highest BCUT2D eigenvalue weighted by atomic mass is 32.1. The van der Waals surface area contributed by atoms with Gasteiger partial charge in [0.2, 0.25) is 0 Å². The molecule has 208 valence electrons. The Kier molecular flexibility index (Phi) is 10.1. The summed E-state index contributed by atoms with van der Waals surface area (Å²) >= 11 is 1.62. The Hall–Kier alpha value is -2.34. The average molecular weight is 539 g/mol. The molecule has 5 heteroatoms. The van der Waals surface area contributed by atoms with Crippen LogP contribution < -0.4 is 0 Å². The predicted molar refractivity (Wildman–Crippen MR) is 159 cm³/mol. The second kappa shape index (κ2) is 12.7. The molecular formula is C33H46O4S. The van der Waals surface area contributed by atoms with E-state index >= 15 is 0 Å². The quantitative estimate of drug-likeness (QED) is 0.181. The van der Waals surface area contributed by atoms with Crippen LogP contribution in [0.5, 0.6) is 11.5 Å². The molecular weight excluding hydrogens is 492 g/mol. The molecule has 3 rings (SSSR count). The van der Waals surface area contributed by atoms with E-state index in [1.807, 2.05) is 11.4 Å². The normalized spacial score (nSPS) is 12.4. The van der Waals surface area contributed by atoms with E-state index in [0.717, 1.165) is 51.1 Å². The first kappa shape index (κ1) is 30.2. The van der Waals surface area contributed by atoms with Crippen molar-refractivity contribution in [3.05, 3.63) is 80.0 Å². The highest BCUT2D eigenvalue weighted by Gasteiger charge is 2.33. The molecule has 38 heavy (non-hydrogen) atoms. The summed E-state index contributed by atoms with van der Waals surface area (Å²) in [6, 6.07) is 12.4. The minimum absolute atomic E-state index is 0.111. The molecule has 0 bridgehead atoms. The minimum Gasteiger partial charge on any atom is -0.507 e. The Morgan fingerprint density at radius 1 is 0.737 bits per heavy atom. The van der Waals surface area contributed by atoms with E-state index in [9.17, 15) is 20.4 Å². The molecule has 3 aromatic rings. The van der Waals surface area contributed by atoms with Crippen LogP contribution in [0.3, 0.4) is 0 Å². The molecule has 0 unspecified atom stereocenters. The van der Waals surface area contributed by atoms with E-state index in [1.165, 1.54) is 0 Å². The van der Waals surface area contributed by atoms with E-state index in [4.69, 9.17) is 0 Å². The Balaban J connectivity index is 2.39. The van der Waals surface area contributed by atoms with Gasteiger partial charge in [-0.25, -0.2) is 0 Å². The van der Waals surface area contributed by atoms with Crippen molar-refractivity contribution >= 4 is 11.3 Å². The van der Waals surface area contributed by atoms with Crippen LogP contribution >= 0.6 is 11.3 Å². The summed E-state index contributed by atoms with van der Waals surface area (Å²) in [7, 11) is 0. The van der Waals surface area contributed by atoms with E-state index < -0.39 is 0 Å². The Bertz CT molecular complexity index is 1120. The van der Waals surface area contributed by atoms with Crippen LogP contribution in [0.25, 0.3) is 0 Å². The molecule has 0 aliphatic carbocycles. The van der Waals surface area contributed by atoms with Gasteiger partial charge >= 0.3 is 0 Å². The van der Waals surface area contributed by atoms with Gasteiger partial charge in [-0.3, -0.25) is 0 Å². The number of phenols is 2. The third kappa shape index (κ3) is 6.44. The maximum atomic E-state index is 11.9. The first-order valence-corrected chi connectivity index (χ1v) is 14.9. The number of thiophene rings is 1. The lowest BCUT2D eigenvalue weighted by atomic mass is 9.75. The second-order valence-electron chi connectivity index (χ2n) is 11.7. The van der Waals surface area contributed by atoms with E-state index in [-0.39, 0.29) is 41.5 Å². The lowest BCUT2D eigenvalue weighted by molar-refractivity contribution is 0.288. The van der Waals surface area contributed by atoms with Gasteiger partial charge in [-0.05, 0) is 71.9 Å².